The number of anilines is 1. The highest BCUT2D eigenvalue weighted by Crippen LogP contribution is 2.22. The Morgan fingerprint density at radius 2 is 1.68 bits per heavy atom. The summed E-state index contributed by atoms with van der Waals surface area (Å²) >= 11 is 0. The quantitative estimate of drug-likeness (QED) is 0.671. The standard InChI is InChI=1S/C18H20FN3O3/c1-25-16-9-5-4-8-15(16)20-12-18(24)22-21-17(23)11-10-13-6-2-3-7-14(13)19/h2-9,20H,10-12H2,1H3,(H,21,23)(H,22,24). The lowest BCUT2D eigenvalue weighted by Crippen LogP contribution is -2.44. The second-order valence-corrected chi connectivity index (χ2v) is 5.24. The molecule has 3 N–H and O–H groups in total. The number of aryl methyl sites for hydroxylation is 1. The number of benzene rings is 2. The monoisotopic (exact) mass is 345 g/mol. The fraction of sp³-hybridized carbons (Fsp3) is 0.222. The van der Waals surface area contributed by atoms with Crippen LogP contribution in [0.4, 0.5) is 10.1 Å². The van der Waals surface area contributed by atoms with E-state index in [9.17, 15) is 14.0 Å². The van der Waals surface area contributed by atoms with Crippen LogP contribution in [-0.2, 0) is 16.0 Å². The fourth-order valence-electron chi connectivity index (χ4n) is 2.16. The molecule has 0 fully saturated rings. The van der Waals surface area contributed by atoms with Crippen molar-refractivity contribution in [3.8, 4) is 5.75 Å². The van der Waals surface area contributed by atoms with Gasteiger partial charge in [-0.2, -0.15) is 0 Å². The predicted octanol–water partition coefficient (Wildman–Crippen LogP) is 2.03. The lowest BCUT2D eigenvalue weighted by molar-refractivity contribution is -0.128. The Bertz CT molecular complexity index is 737. The molecule has 0 aliphatic rings. The number of hydrogen-bond donors (Lipinski definition) is 3. The molecule has 2 aromatic carbocycles. The van der Waals surface area contributed by atoms with E-state index in [-0.39, 0.29) is 25.2 Å². The zero-order valence-electron chi connectivity index (χ0n) is 13.8. The molecule has 0 aromatic heterocycles. The van der Waals surface area contributed by atoms with Crippen molar-refractivity contribution in [2.45, 2.75) is 12.8 Å². The van der Waals surface area contributed by atoms with Gasteiger partial charge in [-0.3, -0.25) is 20.4 Å². The van der Waals surface area contributed by atoms with Crippen LogP contribution < -0.4 is 20.9 Å². The maximum absolute atomic E-state index is 13.5. The van der Waals surface area contributed by atoms with Crippen molar-refractivity contribution in [1.29, 1.82) is 0 Å². The van der Waals surface area contributed by atoms with Crippen molar-refractivity contribution in [1.82, 2.24) is 10.9 Å². The minimum atomic E-state index is -0.412. The minimum Gasteiger partial charge on any atom is -0.495 e. The topological polar surface area (TPSA) is 79.5 Å². The van der Waals surface area contributed by atoms with E-state index in [1.54, 1.807) is 30.3 Å². The predicted molar refractivity (Wildman–Crippen MR) is 92.5 cm³/mol. The van der Waals surface area contributed by atoms with Gasteiger partial charge in [-0.05, 0) is 30.2 Å². The summed E-state index contributed by atoms with van der Waals surface area (Å²) in [7, 11) is 1.54. The van der Waals surface area contributed by atoms with Gasteiger partial charge in [0.15, 0.2) is 0 Å². The summed E-state index contributed by atoms with van der Waals surface area (Å²) in [6.07, 6.45) is 0.328. The summed E-state index contributed by atoms with van der Waals surface area (Å²) < 4.78 is 18.6. The number of hydrogen-bond acceptors (Lipinski definition) is 4. The van der Waals surface area contributed by atoms with Gasteiger partial charge < -0.3 is 10.1 Å². The Balaban J connectivity index is 1.71. The lowest BCUT2D eigenvalue weighted by Gasteiger charge is -2.11. The van der Waals surface area contributed by atoms with E-state index in [0.29, 0.717) is 17.0 Å². The molecule has 2 amide bonds. The van der Waals surface area contributed by atoms with E-state index < -0.39 is 11.8 Å². The maximum atomic E-state index is 13.5. The molecule has 0 saturated carbocycles. The van der Waals surface area contributed by atoms with Gasteiger partial charge in [0.2, 0.25) is 5.91 Å². The third-order valence-corrected chi connectivity index (χ3v) is 3.47. The Morgan fingerprint density at radius 3 is 2.44 bits per heavy atom. The first-order valence-electron chi connectivity index (χ1n) is 7.78. The van der Waals surface area contributed by atoms with Gasteiger partial charge in [-0.15, -0.1) is 0 Å². The Hall–Kier alpha value is -3.09. The average Bonchev–Trinajstić information content (AvgIpc) is 2.64. The summed E-state index contributed by atoms with van der Waals surface area (Å²) in [5.74, 6) is -0.538. The molecule has 0 heterocycles. The van der Waals surface area contributed by atoms with E-state index in [4.69, 9.17) is 4.74 Å². The number of ether oxygens (including phenoxy) is 1. The van der Waals surface area contributed by atoms with E-state index in [1.807, 2.05) is 12.1 Å². The third kappa shape index (κ3) is 5.80. The third-order valence-electron chi connectivity index (χ3n) is 3.47. The van der Waals surface area contributed by atoms with Crippen LogP contribution in [0.25, 0.3) is 0 Å². The van der Waals surface area contributed by atoms with Crippen LogP contribution in [0.1, 0.15) is 12.0 Å². The molecule has 6 nitrogen and oxygen atoms in total. The number of halogens is 1. The van der Waals surface area contributed by atoms with E-state index in [0.717, 1.165) is 0 Å². The molecule has 0 atom stereocenters. The molecule has 0 unspecified atom stereocenters. The van der Waals surface area contributed by atoms with Crippen molar-refractivity contribution in [3.05, 3.63) is 59.9 Å². The first-order valence-corrected chi connectivity index (χ1v) is 7.78. The zero-order valence-corrected chi connectivity index (χ0v) is 13.8. The SMILES string of the molecule is COc1ccccc1NCC(=O)NNC(=O)CCc1ccccc1F. The van der Waals surface area contributed by atoms with Crippen LogP contribution in [0.2, 0.25) is 0 Å². The second kappa shape index (κ2) is 9.27. The van der Waals surface area contributed by atoms with Crippen molar-refractivity contribution in [2.24, 2.45) is 0 Å². The van der Waals surface area contributed by atoms with E-state index in [1.165, 1.54) is 13.2 Å². The number of amides is 2. The molecule has 0 saturated heterocycles. The smallest absolute Gasteiger partial charge is 0.257 e. The fourth-order valence-corrected chi connectivity index (χ4v) is 2.16. The maximum Gasteiger partial charge on any atom is 0.257 e. The number of para-hydroxylation sites is 2. The van der Waals surface area contributed by atoms with E-state index in [2.05, 4.69) is 16.2 Å². The van der Waals surface area contributed by atoms with Gasteiger partial charge in [-0.25, -0.2) is 4.39 Å². The molecule has 2 aromatic rings. The highest BCUT2D eigenvalue weighted by atomic mass is 19.1. The van der Waals surface area contributed by atoms with E-state index >= 15 is 0 Å². The van der Waals surface area contributed by atoms with Gasteiger partial charge >= 0.3 is 0 Å². The van der Waals surface area contributed by atoms with Crippen molar-refractivity contribution in [3.63, 3.8) is 0 Å². The van der Waals surface area contributed by atoms with Crippen LogP contribution in [0.3, 0.4) is 0 Å². The molecule has 0 radical (unpaired) electrons. The summed E-state index contributed by atoms with van der Waals surface area (Å²) in [4.78, 5) is 23.5. The Kier molecular flexibility index (Phi) is 6.76. The normalized spacial score (nSPS) is 10.0. The van der Waals surface area contributed by atoms with Gasteiger partial charge in [0.1, 0.15) is 11.6 Å². The molecule has 0 spiro atoms. The highest BCUT2D eigenvalue weighted by molar-refractivity contribution is 5.84. The molecule has 25 heavy (non-hydrogen) atoms. The molecular weight excluding hydrogens is 325 g/mol. The summed E-state index contributed by atoms with van der Waals surface area (Å²) in [6.45, 7) is -0.0338. The van der Waals surface area contributed by atoms with Crippen LogP contribution in [0, 0.1) is 5.82 Å². The van der Waals surface area contributed by atoms with Crippen LogP contribution in [0.15, 0.2) is 48.5 Å². The summed E-state index contributed by atoms with van der Waals surface area (Å²) in [5, 5.41) is 2.92. The molecule has 132 valence electrons. The van der Waals surface area contributed by atoms with Gasteiger partial charge in [0.25, 0.3) is 5.91 Å². The molecule has 2 rings (SSSR count). The van der Waals surface area contributed by atoms with Gasteiger partial charge in [0, 0.05) is 6.42 Å². The minimum absolute atomic E-state index is 0.0338. The molecule has 7 heteroatoms. The number of rotatable bonds is 7. The Labute approximate surface area is 145 Å². The largest absolute Gasteiger partial charge is 0.495 e. The number of carbonyl (C=O) groups excluding carboxylic acids is 2. The average molecular weight is 345 g/mol. The molecule has 0 bridgehead atoms. The number of nitrogens with one attached hydrogen (secondary N) is 3. The second-order valence-electron chi connectivity index (χ2n) is 5.24. The number of carbonyl (C=O) groups is 2. The molecule has 0 aliphatic heterocycles. The number of methoxy groups -OCH3 is 1. The number of hydrazine groups is 1. The summed E-state index contributed by atoms with van der Waals surface area (Å²) in [6, 6.07) is 13.4. The first-order chi connectivity index (χ1) is 12.1. The highest BCUT2D eigenvalue weighted by Gasteiger charge is 2.08. The van der Waals surface area contributed by atoms with Crippen LogP contribution >= 0.6 is 0 Å². The first kappa shape index (κ1) is 18.3. The van der Waals surface area contributed by atoms with Crippen molar-refractivity contribution in [2.75, 3.05) is 19.0 Å². The molecular formula is C18H20FN3O3. The van der Waals surface area contributed by atoms with Gasteiger partial charge in [0.05, 0.1) is 19.3 Å². The lowest BCUT2D eigenvalue weighted by atomic mass is 10.1. The van der Waals surface area contributed by atoms with Crippen molar-refractivity contribution < 1.29 is 18.7 Å². The summed E-state index contributed by atoms with van der Waals surface area (Å²) in [5.41, 5.74) is 5.74. The van der Waals surface area contributed by atoms with Crippen LogP contribution in [0.5, 0.6) is 5.75 Å². The molecule has 0 aliphatic carbocycles. The Morgan fingerprint density at radius 1 is 1.00 bits per heavy atom. The van der Waals surface area contributed by atoms with Crippen molar-refractivity contribution >= 4 is 17.5 Å². The van der Waals surface area contributed by atoms with Gasteiger partial charge in [-0.1, -0.05) is 30.3 Å². The van der Waals surface area contributed by atoms with Crippen LogP contribution in [-0.4, -0.2) is 25.5 Å². The zero-order chi connectivity index (χ0) is 18.1.